The molecule has 0 aliphatic carbocycles. The predicted octanol–water partition coefficient (Wildman–Crippen LogP) is 4.33. The van der Waals surface area contributed by atoms with Gasteiger partial charge in [0.25, 0.3) is 0 Å². The van der Waals surface area contributed by atoms with Crippen LogP contribution in [0.25, 0.3) is 22.6 Å². The molecular weight excluding hydrogens is 414 g/mol. The highest BCUT2D eigenvalue weighted by Crippen LogP contribution is 2.28. The molecule has 8 heteroatoms. The van der Waals surface area contributed by atoms with Gasteiger partial charge in [0.15, 0.2) is 5.82 Å². The number of aryl methyl sites for hydroxylation is 1. The number of hydrogen-bond acceptors (Lipinski definition) is 5. The standard InChI is InChI=1S/C25H31N7O/c1-5-6-9-19-16-31(17-25(2,3)4)24(33)32(19)15-18-12-13-22(26-14-18)20-10-7-8-11-21(20)23-27-29-30-28-23/h7-8,10-14,16H,5-6,9,15,17H2,1-4H3,(H,27,28,29,30). The number of aromatic amines is 1. The van der Waals surface area contributed by atoms with E-state index in [1.807, 2.05) is 57.9 Å². The lowest BCUT2D eigenvalue weighted by Gasteiger charge is -2.17. The summed E-state index contributed by atoms with van der Waals surface area (Å²) in [4.78, 5) is 17.9. The fourth-order valence-corrected chi connectivity index (χ4v) is 3.98. The minimum atomic E-state index is 0.0354. The Labute approximate surface area is 193 Å². The summed E-state index contributed by atoms with van der Waals surface area (Å²) in [5, 5.41) is 14.2. The zero-order valence-corrected chi connectivity index (χ0v) is 19.7. The van der Waals surface area contributed by atoms with Gasteiger partial charge in [-0.1, -0.05) is 64.4 Å². The Hall–Kier alpha value is -3.55. The second kappa shape index (κ2) is 9.52. The SMILES string of the molecule is CCCCc1cn(CC(C)(C)C)c(=O)n1Cc1ccc(-c2ccccc2-c2nnn[nH]2)nc1. The molecule has 0 unspecified atom stereocenters. The van der Waals surface area contributed by atoms with E-state index in [0.717, 1.165) is 47.3 Å². The normalized spacial score (nSPS) is 11.8. The highest BCUT2D eigenvalue weighted by Gasteiger charge is 2.18. The van der Waals surface area contributed by atoms with Crippen molar-refractivity contribution in [2.45, 2.75) is 60.0 Å². The molecule has 4 aromatic rings. The van der Waals surface area contributed by atoms with E-state index in [-0.39, 0.29) is 11.1 Å². The molecule has 0 aliphatic heterocycles. The summed E-state index contributed by atoms with van der Waals surface area (Å²) in [6.45, 7) is 9.83. The molecule has 3 aromatic heterocycles. The highest BCUT2D eigenvalue weighted by molar-refractivity contribution is 5.78. The van der Waals surface area contributed by atoms with Crippen LogP contribution in [0.2, 0.25) is 0 Å². The maximum atomic E-state index is 13.2. The first-order chi connectivity index (χ1) is 15.9. The first kappa shape index (κ1) is 22.6. The van der Waals surface area contributed by atoms with Crippen molar-refractivity contribution < 1.29 is 0 Å². The number of hydrogen-bond donors (Lipinski definition) is 1. The number of H-pyrrole nitrogens is 1. The summed E-state index contributed by atoms with van der Waals surface area (Å²) in [5.74, 6) is 0.601. The summed E-state index contributed by atoms with van der Waals surface area (Å²) in [7, 11) is 0. The van der Waals surface area contributed by atoms with Crippen molar-refractivity contribution in [3.05, 3.63) is 70.5 Å². The van der Waals surface area contributed by atoms with E-state index >= 15 is 0 Å². The molecule has 0 bridgehead atoms. The quantitative estimate of drug-likeness (QED) is 0.436. The van der Waals surface area contributed by atoms with Crippen LogP contribution in [0, 0.1) is 5.41 Å². The predicted molar refractivity (Wildman–Crippen MR) is 129 cm³/mol. The van der Waals surface area contributed by atoms with Gasteiger partial charge in [0, 0.05) is 35.8 Å². The van der Waals surface area contributed by atoms with Gasteiger partial charge in [-0.05, 0) is 40.3 Å². The first-order valence-electron chi connectivity index (χ1n) is 11.4. The second-order valence-corrected chi connectivity index (χ2v) is 9.63. The zero-order valence-electron chi connectivity index (χ0n) is 19.7. The van der Waals surface area contributed by atoms with Crippen LogP contribution >= 0.6 is 0 Å². The number of tetrazole rings is 1. The number of unbranched alkanes of at least 4 members (excludes halogenated alkanes) is 1. The van der Waals surface area contributed by atoms with E-state index in [0.29, 0.717) is 18.9 Å². The van der Waals surface area contributed by atoms with Crippen LogP contribution in [-0.2, 0) is 19.5 Å². The van der Waals surface area contributed by atoms with Crippen LogP contribution < -0.4 is 5.69 Å². The van der Waals surface area contributed by atoms with Crippen molar-refractivity contribution in [1.82, 2.24) is 34.7 Å². The average Bonchev–Trinajstić information content (AvgIpc) is 3.42. The summed E-state index contributed by atoms with van der Waals surface area (Å²) in [5.41, 5.74) is 4.81. The minimum Gasteiger partial charge on any atom is -0.298 e. The largest absolute Gasteiger partial charge is 0.328 e. The Morgan fingerprint density at radius 3 is 2.48 bits per heavy atom. The van der Waals surface area contributed by atoms with Crippen molar-refractivity contribution in [2.24, 2.45) is 5.41 Å². The van der Waals surface area contributed by atoms with E-state index in [4.69, 9.17) is 4.98 Å². The molecule has 0 aliphatic rings. The molecule has 8 nitrogen and oxygen atoms in total. The van der Waals surface area contributed by atoms with Crippen LogP contribution in [0.5, 0.6) is 0 Å². The Morgan fingerprint density at radius 2 is 1.85 bits per heavy atom. The van der Waals surface area contributed by atoms with E-state index in [1.54, 1.807) is 0 Å². The Balaban J connectivity index is 1.62. The van der Waals surface area contributed by atoms with Gasteiger partial charge in [-0.25, -0.2) is 9.89 Å². The molecule has 0 fully saturated rings. The second-order valence-electron chi connectivity index (χ2n) is 9.63. The van der Waals surface area contributed by atoms with Gasteiger partial charge in [-0.2, -0.15) is 0 Å². The number of nitrogens with zero attached hydrogens (tertiary/aromatic N) is 6. The van der Waals surface area contributed by atoms with Crippen molar-refractivity contribution in [3.63, 3.8) is 0 Å². The number of aromatic nitrogens is 7. The summed E-state index contributed by atoms with van der Waals surface area (Å²) < 4.78 is 3.75. The molecule has 33 heavy (non-hydrogen) atoms. The molecule has 4 rings (SSSR count). The zero-order chi connectivity index (χ0) is 23.4. The Bertz CT molecular complexity index is 1250. The summed E-state index contributed by atoms with van der Waals surface area (Å²) >= 11 is 0. The Morgan fingerprint density at radius 1 is 1.06 bits per heavy atom. The molecule has 0 atom stereocenters. The van der Waals surface area contributed by atoms with E-state index in [9.17, 15) is 4.79 Å². The van der Waals surface area contributed by atoms with Gasteiger partial charge in [0.05, 0.1) is 12.2 Å². The van der Waals surface area contributed by atoms with Crippen molar-refractivity contribution >= 4 is 0 Å². The van der Waals surface area contributed by atoms with Gasteiger partial charge in [-0.3, -0.25) is 14.1 Å². The molecule has 0 saturated carbocycles. The molecule has 0 amide bonds. The lowest BCUT2D eigenvalue weighted by atomic mass is 9.97. The number of pyridine rings is 1. The van der Waals surface area contributed by atoms with Crippen molar-refractivity contribution in [3.8, 4) is 22.6 Å². The van der Waals surface area contributed by atoms with Crippen LogP contribution in [0.4, 0.5) is 0 Å². The van der Waals surface area contributed by atoms with Gasteiger partial charge in [0.2, 0.25) is 0 Å². The molecule has 1 N–H and O–H groups in total. The lowest BCUT2D eigenvalue weighted by molar-refractivity contribution is 0.337. The molecule has 0 spiro atoms. The van der Waals surface area contributed by atoms with Crippen molar-refractivity contribution in [2.75, 3.05) is 0 Å². The smallest absolute Gasteiger partial charge is 0.298 e. The van der Waals surface area contributed by atoms with Gasteiger partial charge < -0.3 is 0 Å². The highest BCUT2D eigenvalue weighted by atomic mass is 16.1. The third kappa shape index (κ3) is 5.27. The topological polar surface area (TPSA) is 94.3 Å². The number of rotatable bonds is 8. The van der Waals surface area contributed by atoms with Crippen LogP contribution in [0.15, 0.2) is 53.6 Å². The van der Waals surface area contributed by atoms with Gasteiger partial charge >= 0.3 is 5.69 Å². The number of benzene rings is 1. The maximum absolute atomic E-state index is 13.2. The fraction of sp³-hybridized carbons (Fsp3) is 0.400. The molecule has 0 radical (unpaired) electrons. The van der Waals surface area contributed by atoms with E-state index < -0.39 is 0 Å². The van der Waals surface area contributed by atoms with Crippen LogP contribution in [0.1, 0.15) is 51.8 Å². The van der Waals surface area contributed by atoms with E-state index in [1.165, 1.54) is 0 Å². The first-order valence-corrected chi connectivity index (χ1v) is 11.4. The molecule has 1 aromatic carbocycles. The van der Waals surface area contributed by atoms with Gasteiger partial charge in [0.1, 0.15) is 0 Å². The third-order valence-corrected chi connectivity index (χ3v) is 5.53. The molecular formula is C25H31N7O. The molecule has 0 saturated heterocycles. The van der Waals surface area contributed by atoms with E-state index in [2.05, 4.69) is 48.3 Å². The summed E-state index contributed by atoms with van der Waals surface area (Å²) in [6, 6.07) is 11.9. The molecule has 172 valence electrons. The number of imidazole rings is 1. The lowest BCUT2D eigenvalue weighted by Crippen LogP contribution is -2.29. The minimum absolute atomic E-state index is 0.0354. The van der Waals surface area contributed by atoms with Crippen LogP contribution in [-0.4, -0.2) is 34.7 Å². The third-order valence-electron chi connectivity index (χ3n) is 5.53. The summed E-state index contributed by atoms with van der Waals surface area (Å²) in [6.07, 6.45) is 6.93. The molecule has 3 heterocycles. The fourth-order valence-electron chi connectivity index (χ4n) is 3.98. The van der Waals surface area contributed by atoms with Crippen LogP contribution in [0.3, 0.4) is 0 Å². The number of nitrogens with one attached hydrogen (secondary N) is 1. The monoisotopic (exact) mass is 445 g/mol. The van der Waals surface area contributed by atoms with Crippen molar-refractivity contribution in [1.29, 1.82) is 0 Å². The average molecular weight is 446 g/mol. The Kier molecular flexibility index (Phi) is 6.53. The maximum Gasteiger partial charge on any atom is 0.328 e. The van der Waals surface area contributed by atoms with Gasteiger partial charge in [-0.15, -0.1) is 5.10 Å².